The maximum atomic E-state index is 12.9. The summed E-state index contributed by atoms with van der Waals surface area (Å²) in [5.41, 5.74) is 0.958. The van der Waals surface area contributed by atoms with E-state index in [1.165, 1.54) is 19.3 Å². The minimum Gasteiger partial charge on any atom is -0.311 e. The van der Waals surface area contributed by atoms with Gasteiger partial charge in [0.15, 0.2) is 0 Å². The van der Waals surface area contributed by atoms with E-state index in [2.05, 4.69) is 26.5 Å². The molecule has 1 aromatic carbocycles. The number of amides is 1. The van der Waals surface area contributed by atoms with Crippen LogP contribution in [0.1, 0.15) is 46.0 Å². The van der Waals surface area contributed by atoms with Crippen molar-refractivity contribution in [2.75, 3.05) is 11.4 Å². The van der Waals surface area contributed by atoms with Gasteiger partial charge < -0.3 is 4.90 Å². The van der Waals surface area contributed by atoms with E-state index < -0.39 is 0 Å². The predicted octanol–water partition coefficient (Wildman–Crippen LogP) is 4.54. The normalized spacial score (nSPS) is 16.4. The van der Waals surface area contributed by atoms with Crippen LogP contribution in [0.5, 0.6) is 0 Å². The number of anilines is 1. The number of hydrogen-bond acceptors (Lipinski definition) is 2. The van der Waals surface area contributed by atoms with Gasteiger partial charge in [-0.1, -0.05) is 45.2 Å². The number of rotatable bonds is 4. The standard InChI is InChI=1S/C17H25NOS/c1-13(2)12-18(15-10-6-7-11-16(15)20)17(19)14-8-4-3-5-9-14/h6-7,10-11,13-14,20H,3-5,8-9,12H2,1-2H3. The Balaban J connectivity index is 2.22. The Hall–Kier alpha value is -0.960. The molecule has 1 amide bonds. The highest BCUT2D eigenvalue weighted by Crippen LogP contribution is 2.30. The number of para-hydroxylation sites is 1. The molecule has 0 radical (unpaired) electrons. The highest BCUT2D eigenvalue weighted by Gasteiger charge is 2.28. The van der Waals surface area contributed by atoms with Gasteiger partial charge in [-0.05, 0) is 30.9 Å². The Labute approximate surface area is 128 Å². The Morgan fingerprint density at radius 1 is 1.25 bits per heavy atom. The second kappa shape index (κ2) is 7.16. The second-order valence-electron chi connectivity index (χ2n) is 6.17. The summed E-state index contributed by atoms with van der Waals surface area (Å²) < 4.78 is 0. The number of thiol groups is 1. The average molecular weight is 291 g/mol. The van der Waals surface area contributed by atoms with Crippen LogP contribution in [0.15, 0.2) is 29.2 Å². The molecule has 1 fully saturated rings. The molecular formula is C17H25NOS. The zero-order chi connectivity index (χ0) is 14.5. The van der Waals surface area contributed by atoms with Crippen molar-refractivity contribution in [1.29, 1.82) is 0 Å². The summed E-state index contributed by atoms with van der Waals surface area (Å²) in [5.74, 6) is 0.950. The minimum atomic E-state index is 0.204. The molecule has 2 nitrogen and oxygen atoms in total. The van der Waals surface area contributed by atoms with E-state index in [0.29, 0.717) is 11.8 Å². The van der Waals surface area contributed by atoms with Gasteiger partial charge in [0.2, 0.25) is 5.91 Å². The number of hydrogen-bond donors (Lipinski definition) is 1. The van der Waals surface area contributed by atoms with Crippen LogP contribution in [0.4, 0.5) is 5.69 Å². The molecule has 2 rings (SSSR count). The van der Waals surface area contributed by atoms with Gasteiger partial charge in [0.1, 0.15) is 0 Å². The highest BCUT2D eigenvalue weighted by molar-refractivity contribution is 7.80. The van der Waals surface area contributed by atoms with Gasteiger partial charge in [0.05, 0.1) is 5.69 Å². The van der Waals surface area contributed by atoms with Crippen LogP contribution >= 0.6 is 12.6 Å². The zero-order valence-corrected chi connectivity index (χ0v) is 13.4. The molecule has 1 aromatic rings. The van der Waals surface area contributed by atoms with Gasteiger partial charge in [0.25, 0.3) is 0 Å². The summed E-state index contributed by atoms with van der Waals surface area (Å²) in [6.07, 6.45) is 5.74. The summed E-state index contributed by atoms with van der Waals surface area (Å²) in [5, 5.41) is 0. The monoisotopic (exact) mass is 291 g/mol. The molecule has 0 unspecified atom stereocenters. The first-order chi connectivity index (χ1) is 9.59. The van der Waals surface area contributed by atoms with E-state index in [0.717, 1.165) is 30.0 Å². The average Bonchev–Trinajstić information content (AvgIpc) is 2.46. The molecule has 0 spiro atoms. The first-order valence-corrected chi connectivity index (χ1v) is 8.13. The Kier molecular flexibility index (Phi) is 5.53. The lowest BCUT2D eigenvalue weighted by Gasteiger charge is -2.31. The first kappa shape index (κ1) is 15.4. The predicted molar refractivity (Wildman–Crippen MR) is 87.5 cm³/mol. The van der Waals surface area contributed by atoms with Gasteiger partial charge in [-0.3, -0.25) is 4.79 Å². The van der Waals surface area contributed by atoms with Gasteiger partial charge in [0, 0.05) is 17.4 Å². The fourth-order valence-electron chi connectivity index (χ4n) is 2.93. The summed E-state index contributed by atoms with van der Waals surface area (Å²) in [6, 6.07) is 7.91. The smallest absolute Gasteiger partial charge is 0.230 e. The molecular weight excluding hydrogens is 266 g/mol. The maximum absolute atomic E-state index is 12.9. The van der Waals surface area contributed by atoms with Crippen molar-refractivity contribution in [2.24, 2.45) is 11.8 Å². The van der Waals surface area contributed by atoms with Crippen LogP contribution < -0.4 is 4.90 Å². The quantitative estimate of drug-likeness (QED) is 0.807. The largest absolute Gasteiger partial charge is 0.311 e. The van der Waals surface area contributed by atoms with Crippen LogP contribution in [0, 0.1) is 11.8 Å². The third-order valence-electron chi connectivity index (χ3n) is 3.94. The highest BCUT2D eigenvalue weighted by atomic mass is 32.1. The molecule has 0 saturated heterocycles. The molecule has 1 saturated carbocycles. The molecule has 1 aliphatic carbocycles. The maximum Gasteiger partial charge on any atom is 0.230 e. The molecule has 0 aromatic heterocycles. The number of nitrogens with zero attached hydrogens (tertiary/aromatic N) is 1. The van der Waals surface area contributed by atoms with Crippen LogP contribution in [-0.4, -0.2) is 12.5 Å². The minimum absolute atomic E-state index is 0.204. The molecule has 1 aliphatic rings. The van der Waals surface area contributed by atoms with Crippen LogP contribution in [0.2, 0.25) is 0 Å². The van der Waals surface area contributed by atoms with Crippen molar-refractivity contribution < 1.29 is 4.79 Å². The summed E-state index contributed by atoms with van der Waals surface area (Å²) >= 11 is 4.52. The van der Waals surface area contributed by atoms with Crippen LogP contribution in [0.25, 0.3) is 0 Å². The van der Waals surface area contributed by atoms with E-state index in [9.17, 15) is 4.79 Å². The summed E-state index contributed by atoms with van der Waals surface area (Å²) in [7, 11) is 0. The molecule has 0 atom stereocenters. The Morgan fingerprint density at radius 3 is 2.50 bits per heavy atom. The van der Waals surface area contributed by atoms with Crippen molar-refractivity contribution in [2.45, 2.75) is 50.8 Å². The van der Waals surface area contributed by atoms with Crippen molar-refractivity contribution in [3.63, 3.8) is 0 Å². The van der Waals surface area contributed by atoms with E-state index in [4.69, 9.17) is 0 Å². The van der Waals surface area contributed by atoms with E-state index >= 15 is 0 Å². The summed E-state index contributed by atoms with van der Waals surface area (Å²) in [4.78, 5) is 15.7. The third kappa shape index (κ3) is 3.78. The van der Waals surface area contributed by atoms with Crippen molar-refractivity contribution in [1.82, 2.24) is 0 Å². The Morgan fingerprint density at radius 2 is 1.90 bits per heavy atom. The molecule has 20 heavy (non-hydrogen) atoms. The number of carbonyl (C=O) groups is 1. The number of carbonyl (C=O) groups excluding carboxylic acids is 1. The molecule has 0 aliphatic heterocycles. The topological polar surface area (TPSA) is 20.3 Å². The van der Waals surface area contributed by atoms with Crippen molar-refractivity contribution >= 4 is 24.2 Å². The lowest BCUT2D eigenvalue weighted by Crippen LogP contribution is -2.39. The Bertz CT molecular complexity index is 452. The van der Waals surface area contributed by atoms with E-state index in [-0.39, 0.29) is 5.92 Å². The fourth-order valence-corrected chi connectivity index (χ4v) is 3.22. The lowest BCUT2D eigenvalue weighted by atomic mass is 9.88. The number of benzene rings is 1. The molecule has 0 heterocycles. The van der Waals surface area contributed by atoms with Crippen molar-refractivity contribution in [3.8, 4) is 0 Å². The zero-order valence-electron chi connectivity index (χ0n) is 12.5. The molecule has 0 N–H and O–H groups in total. The van der Waals surface area contributed by atoms with Crippen molar-refractivity contribution in [3.05, 3.63) is 24.3 Å². The second-order valence-corrected chi connectivity index (χ2v) is 6.65. The van der Waals surface area contributed by atoms with Gasteiger partial charge in [-0.15, -0.1) is 12.6 Å². The van der Waals surface area contributed by atoms with E-state index in [1.807, 2.05) is 29.2 Å². The van der Waals surface area contributed by atoms with E-state index in [1.54, 1.807) is 0 Å². The fraction of sp³-hybridized carbons (Fsp3) is 0.588. The SMILES string of the molecule is CC(C)CN(C(=O)C1CCCCC1)c1ccccc1S. The molecule has 3 heteroatoms. The lowest BCUT2D eigenvalue weighted by molar-refractivity contribution is -0.123. The molecule has 0 bridgehead atoms. The van der Waals surface area contributed by atoms with Gasteiger partial charge >= 0.3 is 0 Å². The van der Waals surface area contributed by atoms with Gasteiger partial charge in [-0.2, -0.15) is 0 Å². The van der Waals surface area contributed by atoms with Crippen LogP contribution in [-0.2, 0) is 4.79 Å². The third-order valence-corrected chi connectivity index (χ3v) is 4.32. The summed E-state index contributed by atoms with van der Waals surface area (Å²) in [6.45, 7) is 5.08. The van der Waals surface area contributed by atoms with Crippen LogP contribution in [0.3, 0.4) is 0 Å². The first-order valence-electron chi connectivity index (χ1n) is 7.69. The van der Waals surface area contributed by atoms with Gasteiger partial charge in [-0.25, -0.2) is 0 Å². The molecule has 110 valence electrons.